The van der Waals surface area contributed by atoms with Gasteiger partial charge in [-0.1, -0.05) is 30.4 Å². The molecule has 31 heavy (non-hydrogen) atoms. The third-order valence-corrected chi connectivity index (χ3v) is 6.73. The molecule has 0 spiro atoms. The molecule has 0 saturated heterocycles. The third-order valence-electron chi connectivity index (χ3n) is 5.72. The van der Waals surface area contributed by atoms with Crippen molar-refractivity contribution >= 4 is 39.2 Å². The standard InChI is InChI=1S/C24H30N2O4S/c1-26-13-9-5-3-2-4-6-10-17(15-22(27)28)23(29)25-20(24(26)30)14-18-16-31-21-12-8-7-11-19(18)21/h2-3,7-8,11-12,16-17,20H,4-6,9-10,13-15H2,1H3,(H,25,29)(H,27,28)/t17-,20+/m1/s1. The van der Waals surface area contributed by atoms with Gasteiger partial charge in [-0.25, -0.2) is 0 Å². The fourth-order valence-electron chi connectivity index (χ4n) is 3.98. The summed E-state index contributed by atoms with van der Waals surface area (Å²) in [4.78, 5) is 39.2. The van der Waals surface area contributed by atoms with Crippen molar-refractivity contribution in [2.75, 3.05) is 13.6 Å². The first-order chi connectivity index (χ1) is 15.0. The summed E-state index contributed by atoms with van der Waals surface area (Å²) >= 11 is 1.62. The number of nitrogens with zero attached hydrogens (tertiary/aromatic N) is 1. The molecule has 0 bridgehead atoms. The molecule has 2 N–H and O–H groups in total. The number of allylic oxidation sites excluding steroid dienone is 2. The molecule has 2 amide bonds. The number of thiophene rings is 1. The van der Waals surface area contributed by atoms with Crippen LogP contribution in [0.4, 0.5) is 0 Å². The van der Waals surface area contributed by atoms with Gasteiger partial charge in [-0.2, -0.15) is 0 Å². The lowest BCUT2D eigenvalue weighted by Crippen LogP contribution is -2.50. The first-order valence-electron chi connectivity index (χ1n) is 10.8. The Kier molecular flexibility index (Phi) is 8.23. The monoisotopic (exact) mass is 442 g/mol. The van der Waals surface area contributed by atoms with E-state index in [1.807, 2.05) is 29.6 Å². The van der Waals surface area contributed by atoms with Gasteiger partial charge in [0.05, 0.1) is 6.42 Å². The van der Waals surface area contributed by atoms with Crippen molar-refractivity contribution < 1.29 is 19.5 Å². The van der Waals surface area contributed by atoms with Crippen LogP contribution in [0.25, 0.3) is 10.1 Å². The van der Waals surface area contributed by atoms with E-state index in [1.165, 1.54) is 0 Å². The van der Waals surface area contributed by atoms with Gasteiger partial charge in [0.2, 0.25) is 11.8 Å². The second kappa shape index (κ2) is 11.1. The molecule has 1 aliphatic heterocycles. The molecule has 1 aliphatic rings. The molecule has 0 saturated carbocycles. The fraction of sp³-hybridized carbons (Fsp3) is 0.458. The average Bonchev–Trinajstić information content (AvgIpc) is 3.15. The van der Waals surface area contributed by atoms with Crippen LogP contribution in [0.1, 0.15) is 44.1 Å². The quantitative estimate of drug-likeness (QED) is 0.701. The van der Waals surface area contributed by atoms with E-state index in [-0.39, 0.29) is 18.2 Å². The van der Waals surface area contributed by atoms with Crippen molar-refractivity contribution in [3.8, 4) is 0 Å². The Morgan fingerprint density at radius 1 is 1.19 bits per heavy atom. The molecule has 2 heterocycles. The summed E-state index contributed by atoms with van der Waals surface area (Å²) in [5.74, 6) is -2.14. The molecule has 1 aromatic carbocycles. The van der Waals surface area contributed by atoms with Gasteiger partial charge in [0.1, 0.15) is 6.04 Å². The van der Waals surface area contributed by atoms with Crippen molar-refractivity contribution in [2.24, 2.45) is 5.92 Å². The predicted octanol–water partition coefficient (Wildman–Crippen LogP) is 4.00. The van der Waals surface area contributed by atoms with Crippen molar-refractivity contribution in [3.05, 3.63) is 47.4 Å². The van der Waals surface area contributed by atoms with Crippen LogP contribution in [0.3, 0.4) is 0 Å². The van der Waals surface area contributed by atoms with Gasteiger partial charge >= 0.3 is 5.97 Å². The van der Waals surface area contributed by atoms with Gasteiger partial charge < -0.3 is 15.3 Å². The second-order valence-electron chi connectivity index (χ2n) is 8.12. The van der Waals surface area contributed by atoms with E-state index >= 15 is 0 Å². The molecule has 7 heteroatoms. The smallest absolute Gasteiger partial charge is 0.304 e. The normalized spacial score (nSPS) is 21.6. The third kappa shape index (κ3) is 6.40. The zero-order valence-electron chi connectivity index (χ0n) is 17.9. The number of nitrogens with one attached hydrogen (secondary N) is 1. The minimum atomic E-state index is -0.999. The van der Waals surface area contributed by atoms with E-state index in [4.69, 9.17) is 0 Å². The SMILES string of the molecule is CN1CCCC=CCCC[C@H](CC(=O)O)C(=O)N[C@@H](Cc2csc3ccccc23)C1=O. The Hall–Kier alpha value is -2.67. The second-order valence-corrected chi connectivity index (χ2v) is 9.03. The number of fused-ring (bicyclic) bond motifs is 1. The maximum absolute atomic E-state index is 13.2. The Balaban J connectivity index is 1.86. The van der Waals surface area contributed by atoms with Gasteiger partial charge in [0.15, 0.2) is 0 Å². The Labute approximate surface area is 186 Å². The molecule has 0 radical (unpaired) electrons. The number of benzene rings is 1. The lowest BCUT2D eigenvalue weighted by atomic mass is 9.95. The minimum absolute atomic E-state index is 0.140. The van der Waals surface area contributed by atoms with Crippen LogP contribution in [0, 0.1) is 5.92 Å². The van der Waals surface area contributed by atoms with Gasteiger partial charge in [-0.3, -0.25) is 14.4 Å². The highest BCUT2D eigenvalue weighted by Crippen LogP contribution is 2.27. The molecule has 3 rings (SSSR count). The minimum Gasteiger partial charge on any atom is -0.481 e. The highest BCUT2D eigenvalue weighted by atomic mass is 32.1. The zero-order valence-corrected chi connectivity index (χ0v) is 18.7. The van der Waals surface area contributed by atoms with Crippen molar-refractivity contribution in [2.45, 2.75) is 51.0 Å². The van der Waals surface area contributed by atoms with E-state index in [0.717, 1.165) is 41.3 Å². The molecule has 2 atom stereocenters. The largest absolute Gasteiger partial charge is 0.481 e. The molecule has 0 aliphatic carbocycles. The molecular formula is C24H30N2O4S. The van der Waals surface area contributed by atoms with Crippen molar-refractivity contribution in [1.29, 1.82) is 0 Å². The van der Waals surface area contributed by atoms with Crippen molar-refractivity contribution in [1.82, 2.24) is 10.2 Å². The molecule has 2 aromatic rings. The van der Waals surface area contributed by atoms with Crippen LogP contribution in [0.5, 0.6) is 0 Å². The van der Waals surface area contributed by atoms with E-state index in [0.29, 0.717) is 19.4 Å². The zero-order chi connectivity index (χ0) is 22.2. The number of carboxylic acid groups (broad SMARTS) is 1. The molecule has 6 nitrogen and oxygen atoms in total. The fourth-order valence-corrected chi connectivity index (χ4v) is 4.95. The first kappa shape index (κ1) is 23.0. The Bertz CT molecular complexity index is 952. The molecule has 166 valence electrons. The van der Waals surface area contributed by atoms with Crippen LogP contribution in [-0.4, -0.2) is 47.4 Å². The topological polar surface area (TPSA) is 86.7 Å². The van der Waals surface area contributed by atoms with E-state index in [9.17, 15) is 19.5 Å². The number of carbonyl (C=O) groups excluding carboxylic acids is 2. The molecular weight excluding hydrogens is 412 g/mol. The van der Waals surface area contributed by atoms with Gasteiger partial charge in [-0.15, -0.1) is 11.3 Å². The molecule has 0 unspecified atom stereocenters. The van der Waals surface area contributed by atoms with E-state index in [2.05, 4.69) is 17.5 Å². The summed E-state index contributed by atoms with van der Waals surface area (Å²) in [6.07, 6.45) is 8.15. The summed E-state index contributed by atoms with van der Waals surface area (Å²) in [5.41, 5.74) is 1.02. The summed E-state index contributed by atoms with van der Waals surface area (Å²) in [7, 11) is 1.76. The lowest BCUT2D eigenvalue weighted by Gasteiger charge is -2.26. The summed E-state index contributed by atoms with van der Waals surface area (Å²) in [5, 5.41) is 15.3. The van der Waals surface area contributed by atoms with Crippen LogP contribution in [-0.2, 0) is 20.8 Å². The van der Waals surface area contributed by atoms with E-state index in [1.54, 1.807) is 23.3 Å². The maximum atomic E-state index is 13.2. The van der Waals surface area contributed by atoms with Crippen LogP contribution >= 0.6 is 11.3 Å². The van der Waals surface area contributed by atoms with Gasteiger partial charge in [0, 0.05) is 30.6 Å². The average molecular weight is 443 g/mol. The summed E-state index contributed by atoms with van der Waals surface area (Å²) in [6.45, 7) is 0.610. The summed E-state index contributed by atoms with van der Waals surface area (Å²) < 4.78 is 1.14. The molecule has 0 fully saturated rings. The van der Waals surface area contributed by atoms with Crippen LogP contribution in [0.2, 0.25) is 0 Å². The number of hydrogen-bond donors (Lipinski definition) is 2. The number of carboxylic acids is 1. The number of amides is 2. The Morgan fingerprint density at radius 3 is 2.71 bits per heavy atom. The number of likely N-dealkylation sites (N-methyl/N-ethyl adjacent to an activating group) is 1. The van der Waals surface area contributed by atoms with Gasteiger partial charge in [0.25, 0.3) is 0 Å². The number of rotatable bonds is 4. The lowest BCUT2D eigenvalue weighted by molar-refractivity contribution is -0.142. The number of aliphatic carboxylic acids is 1. The molecule has 1 aromatic heterocycles. The summed E-state index contributed by atoms with van der Waals surface area (Å²) in [6, 6.07) is 7.30. The van der Waals surface area contributed by atoms with Crippen molar-refractivity contribution in [3.63, 3.8) is 0 Å². The highest BCUT2D eigenvalue weighted by molar-refractivity contribution is 7.17. The number of hydrogen-bond acceptors (Lipinski definition) is 4. The maximum Gasteiger partial charge on any atom is 0.304 e. The van der Waals surface area contributed by atoms with E-state index < -0.39 is 17.9 Å². The van der Waals surface area contributed by atoms with Gasteiger partial charge in [-0.05, 0) is 54.5 Å². The first-order valence-corrected chi connectivity index (χ1v) is 11.7. The predicted molar refractivity (Wildman–Crippen MR) is 123 cm³/mol. The number of carbonyl (C=O) groups is 3. The van der Waals surface area contributed by atoms with Crippen LogP contribution < -0.4 is 5.32 Å². The highest BCUT2D eigenvalue weighted by Gasteiger charge is 2.29. The van der Waals surface area contributed by atoms with Crippen LogP contribution in [0.15, 0.2) is 41.8 Å². The Morgan fingerprint density at radius 2 is 1.94 bits per heavy atom.